The number of imidazole rings is 1. The largest absolute Gasteiger partial charge is 0.458 e. The van der Waals surface area contributed by atoms with Gasteiger partial charge in [-0.15, -0.1) is 0 Å². The van der Waals surface area contributed by atoms with Gasteiger partial charge < -0.3 is 4.74 Å². The van der Waals surface area contributed by atoms with Gasteiger partial charge in [-0.2, -0.15) is 0 Å². The van der Waals surface area contributed by atoms with Crippen LogP contribution >= 0.6 is 0 Å². The Balaban J connectivity index is 1.20. The molecule has 0 aliphatic heterocycles. The molecule has 0 N–H and O–H groups in total. The van der Waals surface area contributed by atoms with E-state index in [4.69, 9.17) is 23.4 Å². The van der Waals surface area contributed by atoms with Crippen molar-refractivity contribution in [3.8, 4) is 50.9 Å². The first-order chi connectivity index (χ1) is 33.5. The van der Waals surface area contributed by atoms with Crippen molar-refractivity contribution in [2.45, 2.75) is 77.6 Å². The monoisotopic (exact) mass is 806 g/mol. The summed E-state index contributed by atoms with van der Waals surface area (Å²) in [7, 11) is 0. The Kier molecular flexibility index (Phi) is 6.81. The highest BCUT2D eigenvalue weighted by Gasteiger charge is 2.43. The Morgan fingerprint density at radius 1 is 0.672 bits per heavy atom. The Labute approximate surface area is 373 Å². The van der Waals surface area contributed by atoms with Gasteiger partial charge in [0.15, 0.2) is 0 Å². The molecular weight excluding hydrogens is 745 g/mol. The summed E-state index contributed by atoms with van der Waals surface area (Å²) in [5, 5.41) is 2.15. The highest BCUT2D eigenvalue weighted by Crippen LogP contribution is 2.47. The molecule has 0 bridgehead atoms. The van der Waals surface area contributed by atoms with E-state index in [9.17, 15) is 0 Å². The summed E-state index contributed by atoms with van der Waals surface area (Å²) in [6, 6.07) is 26.2. The van der Waals surface area contributed by atoms with Crippen LogP contribution in [0.25, 0.3) is 61.3 Å². The maximum absolute atomic E-state index is 9.16. The molecule has 1 aliphatic rings. The van der Waals surface area contributed by atoms with Crippen LogP contribution in [0.3, 0.4) is 0 Å². The standard InChI is InChI=1S/C56H52N4O/c1-54(2,3)40-30-33-57-50(34-40)60-48-27-15-14-24-46(48)47-29-28-43(36-49(47)60)61-42-23-16-22-41(35-42)58-37-59(53-52(58)55(4,5)31-32-56(53,6)7)51-44(38-18-10-8-11-19-38)25-17-26-45(51)39-20-12-9-13-21-39/h8-30,33-36H,31-32H2,1-7H3/i8D,9D,10D,11D,12D,13D,18D,19D,20D,21D. The normalized spacial score (nSPS) is 16.9. The molecule has 1 aliphatic carbocycles. The van der Waals surface area contributed by atoms with Crippen molar-refractivity contribution in [2.24, 2.45) is 0 Å². The molecule has 5 heteroatoms. The summed E-state index contributed by atoms with van der Waals surface area (Å²) in [6.07, 6.45) is 7.04. The van der Waals surface area contributed by atoms with Crippen molar-refractivity contribution in [1.82, 2.24) is 14.1 Å². The Morgan fingerprint density at radius 2 is 1.31 bits per heavy atom. The van der Waals surface area contributed by atoms with E-state index in [-0.39, 0.29) is 33.4 Å². The van der Waals surface area contributed by atoms with Gasteiger partial charge in [0, 0.05) is 23.0 Å². The van der Waals surface area contributed by atoms with Gasteiger partial charge in [0.25, 0.3) is 6.33 Å². The van der Waals surface area contributed by atoms with Gasteiger partial charge in [0.2, 0.25) is 0 Å². The van der Waals surface area contributed by atoms with Crippen LogP contribution in [0.1, 0.15) is 92.0 Å². The lowest BCUT2D eigenvalue weighted by Gasteiger charge is -2.41. The zero-order valence-electron chi connectivity index (χ0n) is 45.4. The van der Waals surface area contributed by atoms with Crippen molar-refractivity contribution >= 4 is 21.8 Å². The number of ether oxygens (including phenoxy) is 1. The third-order valence-electron chi connectivity index (χ3n) is 12.1. The van der Waals surface area contributed by atoms with Gasteiger partial charge in [0.1, 0.15) is 17.3 Å². The third-order valence-corrected chi connectivity index (χ3v) is 12.1. The smallest absolute Gasteiger partial charge is 0.269 e. The van der Waals surface area contributed by atoms with Crippen LogP contribution in [-0.4, -0.2) is 14.1 Å². The average molecular weight is 807 g/mol. The molecule has 0 amide bonds. The highest BCUT2D eigenvalue weighted by molar-refractivity contribution is 6.09. The number of hydrogen-bond donors (Lipinski definition) is 0. The van der Waals surface area contributed by atoms with E-state index in [1.54, 1.807) is 18.2 Å². The summed E-state index contributed by atoms with van der Waals surface area (Å²) >= 11 is 0. The molecule has 6 aromatic carbocycles. The minimum absolute atomic E-state index is 0.0866. The molecule has 0 radical (unpaired) electrons. The molecule has 10 rings (SSSR count). The molecule has 302 valence electrons. The van der Waals surface area contributed by atoms with Crippen molar-refractivity contribution in [1.29, 1.82) is 0 Å². The number of hydrogen-bond acceptors (Lipinski definition) is 2. The zero-order chi connectivity index (χ0) is 50.8. The Bertz CT molecular complexity index is 3550. The molecule has 0 unspecified atom stereocenters. The lowest BCUT2D eigenvalue weighted by molar-refractivity contribution is -0.611. The van der Waals surface area contributed by atoms with Gasteiger partial charge in [-0.3, -0.25) is 13.7 Å². The topological polar surface area (TPSA) is 35.9 Å². The summed E-state index contributed by atoms with van der Waals surface area (Å²) < 4.78 is 101. The van der Waals surface area contributed by atoms with E-state index in [1.165, 1.54) is 0 Å². The molecule has 0 spiro atoms. The maximum atomic E-state index is 9.16. The minimum Gasteiger partial charge on any atom is -0.458 e. The second-order valence-electron chi connectivity index (χ2n) is 18.2. The summed E-state index contributed by atoms with van der Waals surface area (Å²) in [5.41, 5.74) is 4.87. The van der Waals surface area contributed by atoms with Crippen LogP contribution in [0.4, 0.5) is 0 Å². The molecule has 0 fully saturated rings. The Morgan fingerprint density at radius 3 is 2.02 bits per heavy atom. The van der Waals surface area contributed by atoms with E-state index in [0.717, 1.165) is 57.4 Å². The van der Waals surface area contributed by atoms with Crippen LogP contribution in [0.2, 0.25) is 0 Å². The zero-order valence-corrected chi connectivity index (χ0v) is 35.4. The number of aromatic nitrogens is 4. The van der Waals surface area contributed by atoms with Crippen LogP contribution in [0.15, 0.2) is 164 Å². The number of fused-ring (bicyclic) bond motifs is 4. The highest BCUT2D eigenvalue weighted by atomic mass is 16.5. The third kappa shape index (κ3) is 6.73. The second-order valence-corrected chi connectivity index (χ2v) is 18.2. The van der Waals surface area contributed by atoms with Gasteiger partial charge in [-0.1, -0.05) is 151 Å². The summed E-state index contributed by atoms with van der Waals surface area (Å²) in [5.74, 6) is 1.96. The molecule has 5 nitrogen and oxygen atoms in total. The fourth-order valence-electron chi connectivity index (χ4n) is 8.92. The molecule has 3 aromatic heterocycles. The van der Waals surface area contributed by atoms with Gasteiger partial charge in [-0.25, -0.2) is 4.98 Å². The first-order valence-electron chi connectivity index (χ1n) is 25.7. The first-order valence-corrected chi connectivity index (χ1v) is 20.7. The molecule has 9 aromatic rings. The van der Waals surface area contributed by atoms with Crippen LogP contribution in [-0.2, 0) is 16.2 Å². The summed E-state index contributed by atoms with van der Waals surface area (Å²) in [4.78, 5) is 4.85. The number of pyridine rings is 1. The minimum atomic E-state index is -0.556. The predicted octanol–water partition coefficient (Wildman–Crippen LogP) is 13.8. The van der Waals surface area contributed by atoms with E-state index >= 15 is 0 Å². The molecule has 3 heterocycles. The summed E-state index contributed by atoms with van der Waals surface area (Å²) in [6.45, 7) is 15.1. The molecule has 61 heavy (non-hydrogen) atoms. The molecule has 0 saturated heterocycles. The average Bonchev–Trinajstić information content (AvgIpc) is 3.92. The van der Waals surface area contributed by atoms with Crippen molar-refractivity contribution in [2.75, 3.05) is 0 Å². The number of para-hydroxylation sites is 2. The molecular formula is C56H52N4O. The van der Waals surface area contributed by atoms with E-state index < -0.39 is 71.3 Å². The quantitative estimate of drug-likeness (QED) is 0.119. The maximum Gasteiger partial charge on any atom is 0.269 e. The van der Waals surface area contributed by atoms with E-state index in [0.29, 0.717) is 17.2 Å². The number of benzene rings is 6. The first kappa shape index (κ1) is 28.7. The lowest BCUT2D eigenvalue weighted by atomic mass is 9.67. The van der Waals surface area contributed by atoms with Gasteiger partial charge >= 0.3 is 0 Å². The fourth-order valence-corrected chi connectivity index (χ4v) is 8.92. The van der Waals surface area contributed by atoms with Crippen molar-refractivity contribution in [3.63, 3.8) is 0 Å². The predicted molar refractivity (Wildman–Crippen MR) is 250 cm³/mol. The lowest BCUT2D eigenvalue weighted by Crippen LogP contribution is -2.45. The number of nitrogens with zero attached hydrogens (tertiary/aromatic N) is 4. The van der Waals surface area contributed by atoms with Crippen molar-refractivity contribution in [3.05, 3.63) is 187 Å². The molecule has 0 atom stereocenters. The van der Waals surface area contributed by atoms with Gasteiger partial charge in [0.05, 0.1) is 47.5 Å². The fraction of sp³-hybridized carbons (Fsp3) is 0.214. The van der Waals surface area contributed by atoms with Crippen LogP contribution in [0.5, 0.6) is 11.5 Å². The van der Waals surface area contributed by atoms with E-state index in [2.05, 4.69) is 89.7 Å². The SMILES string of the molecule is [2H]c1c([2H])c([2H])c(-c2cccc(-c3c([2H])c([2H])c([2H])c([2H])c3[2H])c2-[n+]2[c-]n(-c3cccc(Oc4ccc5c6ccccc6n(-c6cc(C(C)(C)C)ccn6)c5c4)c3)c3c2C(C)(C)CCC3(C)C)c([2H])c1[2H]. The second kappa shape index (κ2) is 14.5. The molecule has 0 saturated carbocycles. The van der Waals surface area contributed by atoms with Crippen LogP contribution in [0, 0.1) is 6.33 Å². The Hall–Kier alpha value is -6.72. The van der Waals surface area contributed by atoms with E-state index in [1.807, 2.05) is 63.9 Å². The van der Waals surface area contributed by atoms with Gasteiger partial charge in [-0.05, 0) is 105 Å². The van der Waals surface area contributed by atoms with Crippen LogP contribution < -0.4 is 9.30 Å². The van der Waals surface area contributed by atoms with Crippen molar-refractivity contribution < 1.29 is 23.0 Å². The number of rotatable bonds is 7.